The van der Waals surface area contributed by atoms with Gasteiger partial charge in [0.15, 0.2) is 5.78 Å². The van der Waals surface area contributed by atoms with Crippen molar-refractivity contribution in [3.05, 3.63) is 103 Å². The highest BCUT2D eigenvalue weighted by Gasteiger charge is 2.43. The smallest absolute Gasteiger partial charge is 0.332 e. The van der Waals surface area contributed by atoms with E-state index < -0.39 is 5.92 Å². The van der Waals surface area contributed by atoms with Crippen molar-refractivity contribution in [2.45, 2.75) is 52.6 Å². The van der Waals surface area contributed by atoms with E-state index in [0.717, 1.165) is 16.8 Å². The van der Waals surface area contributed by atoms with Gasteiger partial charge in [0.1, 0.15) is 11.6 Å². The number of nitrogens with zero attached hydrogens (tertiary/aromatic N) is 2. The number of carbonyl (C=O) groups is 1. The van der Waals surface area contributed by atoms with Crippen LogP contribution in [0.2, 0.25) is 0 Å². The molecule has 5 rings (SSSR count). The first kappa shape index (κ1) is 23.9. The molecule has 0 saturated carbocycles. The van der Waals surface area contributed by atoms with Crippen LogP contribution in [0.15, 0.2) is 75.5 Å². The summed E-state index contributed by atoms with van der Waals surface area (Å²) in [5.41, 5.74) is 2.67. The molecular weight excluding hydrogens is 454 g/mol. The van der Waals surface area contributed by atoms with Gasteiger partial charge in [0, 0.05) is 30.2 Å². The van der Waals surface area contributed by atoms with Crippen molar-refractivity contribution in [3.63, 3.8) is 0 Å². The molecule has 1 aromatic heterocycles. The van der Waals surface area contributed by atoms with Crippen LogP contribution in [0.3, 0.4) is 0 Å². The highest BCUT2D eigenvalue weighted by molar-refractivity contribution is 6.01. The minimum absolute atomic E-state index is 0.0310. The standard InChI is InChI=1S/C29H31N3O4/c1-5-31-27(34)25-23(19-11-13-20(36-4)14-12-19)24-21(15-29(2,3)16-22(24)33)30-26(25)32(28(31)35)17-18-9-7-6-8-10-18/h6-14,23,30H,5,15-17H2,1-4H3. The molecule has 36 heavy (non-hydrogen) atoms. The summed E-state index contributed by atoms with van der Waals surface area (Å²) in [6.45, 7) is 6.48. The normalized spacial score (nSPS) is 18.3. The summed E-state index contributed by atoms with van der Waals surface area (Å²) in [4.78, 5) is 41.0. The van der Waals surface area contributed by atoms with Crippen LogP contribution in [-0.2, 0) is 17.9 Å². The first-order valence-electron chi connectivity index (χ1n) is 12.3. The third-order valence-electron chi connectivity index (χ3n) is 7.18. The zero-order valence-corrected chi connectivity index (χ0v) is 21.1. The van der Waals surface area contributed by atoms with Crippen LogP contribution in [0.25, 0.3) is 0 Å². The summed E-state index contributed by atoms with van der Waals surface area (Å²) in [6.07, 6.45) is 1.05. The van der Waals surface area contributed by atoms with Crippen molar-refractivity contribution >= 4 is 11.6 Å². The van der Waals surface area contributed by atoms with Crippen LogP contribution in [0.1, 0.15) is 56.2 Å². The average Bonchev–Trinajstić information content (AvgIpc) is 2.85. The molecule has 2 aromatic carbocycles. The molecule has 2 aliphatic rings. The lowest BCUT2D eigenvalue weighted by Gasteiger charge is -2.39. The summed E-state index contributed by atoms with van der Waals surface area (Å²) < 4.78 is 8.25. The van der Waals surface area contributed by atoms with Gasteiger partial charge in [-0.3, -0.25) is 18.7 Å². The largest absolute Gasteiger partial charge is 0.497 e. The van der Waals surface area contributed by atoms with E-state index in [1.807, 2.05) is 54.6 Å². The molecule has 0 bridgehead atoms. The lowest BCUT2D eigenvalue weighted by atomic mass is 9.69. The number of benzene rings is 2. The van der Waals surface area contributed by atoms with Crippen molar-refractivity contribution in [3.8, 4) is 5.75 Å². The van der Waals surface area contributed by atoms with Crippen LogP contribution in [-0.4, -0.2) is 22.0 Å². The Labute approximate surface area is 210 Å². The average molecular weight is 486 g/mol. The monoisotopic (exact) mass is 485 g/mol. The van der Waals surface area contributed by atoms with Gasteiger partial charge in [0.25, 0.3) is 5.56 Å². The number of fused-ring (bicyclic) bond motifs is 1. The Bertz CT molecular complexity index is 1480. The third kappa shape index (κ3) is 3.98. The maximum Gasteiger partial charge on any atom is 0.332 e. The van der Waals surface area contributed by atoms with E-state index in [9.17, 15) is 14.4 Å². The maximum atomic E-state index is 13.8. The Balaban J connectivity index is 1.81. The fourth-order valence-corrected chi connectivity index (χ4v) is 5.51. The van der Waals surface area contributed by atoms with Crippen LogP contribution in [0.4, 0.5) is 5.82 Å². The number of Topliss-reactive ketones (excluding diaryl/α,β-unsaturated/α-hetero) is 1. The lowest BCUT2D eigenvalue weighted by molar-refractivity contribution is -0.118. The number of carbonyl (C=O) groups excluding carboxylic acids is 1. The molecule has 3 aromatic rings. The maximum absolute atomic E-state index is 13.8. The predicted molar refractivity (Wildman–Crippen MR) is 140 cm³/mol. The molecule has 1 aliphatic carbocycles. The number of anilines is 1. The number of ketones is 1. The second kappa shape index (κ2) is 8.97. The number of ether oxygens (including phenoxy) is 1. The van der Waals surface area contributed by atoms with Gasteiger partial charge in [-0.15, -0.1) is 0 Å². The van der Waals surface area contributed by atoms with Crippen molar-refractivity contribution in [1.29, 1.82) is 0 Å². The predicted octanol–water partition coefficient (Wildman–Crippen LogP) is 4.29. The molecule has 0 saturated heterocycles. The first-order valence-corrected chi connectivity index (χ1v) is 12.3. The molecule has 7 heteroatoms. The SMILES string of the molecule is CCn1c(=O)c2c(n(Cc3ccccc3)c1=O)NC1=C(C(=O)CC(C)(C)C1)C2c1ccc(OC)cc1. The van der Waals surface area contributed by atoms with Gasteiger partial charge in [0.05, 0.1) is 19.2 Å². The molecular formula is C29H31N3O4. The molecule has 1 aliphatic heterocycles. The number of rotatable bonds is 5. The van der Waals surface area contributed by atoms with Gasteiger partial charge in [-0.25, -0.2) is 4.79 Å². The van der Waals surface area contributed by atoms with Crippen molar-refractivity contribution < 1.29 is 9.53 Å². The minimum Gasteiger partial charge on any atom is -0.497 e. The highest BCUT2D eigenvalue weighted by atomic mass is 16.5. The van der Waals surface area contributed by atoms with Gasteiger partial charge in [-0.05, 0) is 42.0 Å². The van der Waals surface area contributed by atoms with Crippen LogP contribution in [0.5, 0.6) is 5.75 Å². The summed E-state index contributed by atoms with van der Waals surface area (Å²) in [7, 11) is 1.60. The zero-order chi connectivity index (χ0) is 25.6. The molecule has 0 amide bonds. The van der Waals surface area contributed by atoms with E-state index in [1.54, 1.807) is 18.6 Å². The number of allylic oxidation sites excluding steroid dienone is 2. The summed E-state index contributed by atoms with van der Waals surface area (Å²) >= 11 is 0. The summed E-state index contributed by atoms with van der Waals surface area (Å²) in [5.74, 6) is 0.629. The number of nitrogens with one attached hydrogen (secondary N) is 1. The molecule has 7 nitrogen and oxygen atoms in total. The van der Waals surface area contributed by atoms with E-state index in [1.165, 1.54) is 4.57 Å². The van der Waals surface area contributed by atoms with Crippen molar-refractivity contribution in [1.82, 2.24) is 9.13 Å². The second-order valence-corrected chi connectivity index (χ2v) is 10.3. The van der Waals surface area contributed by atoms with Crippen molar-refractivity contribution in [2.24, 2.45) is 5.41 Å². The Hall–Kier alpha value is -3.87. The molecule has 0 spiro atoms. The quantitative estimate of drug-likeness (QED) is 0.583. The highest BCUT2D eigenvalue weighted by Crippen LogP contribution is 2.48. The van der Waals surface area contributed by atoms with Crippen LogP contribution >= 0.6 is 0 Å². The van der Waals surface area contributed by atoms with Gasteiger partial charge in [0.2, 0.25) is 0 Å². The number of methoxy groups -OCH3 is 1. The van der Waals surface area contributed by atoms with E-state index in [0.29, 0.717) is 42.1 Å². The van der Waals surface area contributed by atoms with Crippen LogP contribution in [0, 0.1) is 5.41 Å². The van der Waals surface area contributed by atoms with E-state index in [2.05, 4.69) is 19.2 Å². The third-order valence-corrected chi connectivity index (χ3v) is 7.18. The molecule has 1 N–H and O–H groups in total. The van der Waals surface area contributed by atoms with Gasteiger partial charge in [-0.2, -0.15) is 0 Å². The van der Waals surface area contributed by atoms with Crippen molar-refractivity contribution in [2.75, 3.05) is 12.4 Å². The number of hydrogen-bond donors (Lipinski definition) is 1. The molecule has 1 unspecified atom stereocenters. The fourth-order valence-electron chi connectivity index (χ4n) is 5.51. The molecule has 0 radical (unpaired) electrons. The molecule has 1 atom stereocenters. The van der Waals surface area contributed by atoms with E-state index in [4.69, 9.17) is 4.74 Å². The number of aromatic nitrogens is 2. The Morgan fingerprint density at radius 1 is 0.972 bits per heavy atom. The van der Waals surface area contributed by atoms with Gasteiger partial charge < -0.3 is 10.1 Å². The topological polar surface area (TPSA) is 82.3 Å². The Kier molecular flexibility index (Phi) is 5.94. The minimum atomic E-state index is -0.571. The molecule has 2 heterocycles. The molecule has 186 valence electrons. The first-order chi connectivity index (χ1) is 17.2. The lowest BCUT2D eigenvalue weighted by Crippen LogP contribution is -2.46. The van der Waals surface area contributed by atoms with Gasteiger partial charge >= 0.3 is 5.69 Å². The second-order valence-electron chi connectivity index (χ2n) is 10.3. The van der Waals surface area contributed by atoms with Crippen LogP contribution < -0.4 is 21.3 Å². The zero-order valence-electron chi connectivity index (χ0n) is 21.1. The Morgan fingerprint density at radius 3 is 2.31 bits per heavy atom. The Morgan fingerprint density at radius 2 is 1.67 bits per heavy atom. The fraction of sp³-hybridized carbons (Fsp3) is 0.345. The van der Waals surface area contributed by atoms with Gasteiger partial charge in [-0.1, -0.05) is 56.3 Å². The van der Waals surface area contributed by atoms with E-state index >= 15 is 0 Å². The number of hydrogen-bond acceptors (Lipinski definition) is 5. The molecule has 0 fully saturated rings. The summed E-state index contributed by atoms with van der Waals surface area (Å²) in [5, 5.41) is 3.41. The summed E-state index contributed by atoms with van der Waals surface area (Å²) in [6, 6.07) is 17.2. The van der Waals surface area contributed by atoms with E-state index in [-0.39, 0.29) is 29.0 Å².